The lowest BCUT2D eigenvalue weighted by Crippen LogP contribution is -2.20. The van der Waals surface area contributed by atoms with E-state index in [1.165, 1.54) is 6.21 Å². The number of hydrogen-bond donors (Lipinski definition) is 2. The Balaban J connectivity index is 1.97. The summed E-state index contributed by atoms with van der Waals surface area (Å²) in [5.74, 6) is 0.146. The standard InChI is InChI=1S/C16H15ClN2O3/c1-11-6-7-13(8-14(11)17)19-16(20)10-22-15-5-3-2-4-12(15)9-18-21/h2-9,21H,10H2,1H3,(H,19,20)/b18-9+. The lowest BCUT2D eigenvalue weighted by atomic mass is 10.2. The van der Waals surface area contributed by atoms with Gasteiger partial charge in [-0.1, -0.05) is 35.0 Å². The first-order valence-corrected chi connectivity index (χ1v) is 6.93. The van der Waals surface area contributed by atoms with Crippen LogP contribution in [0, 0.1) is 6.92 Å². The molecule has 2 N–H and O–H groups in total. The second kappa shape index (κ2) is 7.47. The van der Waals surface area contributed by atoms with E-state index in [9.17, 15) is 4.79 Å². The summed E-state index contributed by atoms with van der Waals surface area (Å²) in [6.45, 7) is 1.72. The van der Waals surface area contributed by atoms with Crippen molar-refractivity contribution in [3.8, 4) is 5.75 Å². The quantitative estimate of drug-likeness (QED) is 0.504. The predicted molar refractivity (Wildman–Crippen MR) is 86.1 cm³/mol. The van der Waals surface area contributed by atoms with E-state index in [1.54, 1.807) is 36.4 Å². The van der Waals surface area contributed by atoms with Crippen LogP contribution in [0.5, 0.6) is 5.75 Å². The van der Waals surface area contributed by atoms with Crippen LogP contribution in [0.2, 0.25) is 5.02 Å². The molecule has 0 aliphatic heterocycles. The lowest BCUT2D eigenvalue weighted by molar-refractivity contribution is -0.118. The Labute approximate surface area is 133 Å². The van der Waals surface area contributed by atoms with Crippen LogP contribution in [0.3, 0.4) is 0 Å². The van der Waals surface area contributed by atoms with Gasteiger partial charge in [0.05, 0.1) is 6.21 Å². The Hall–Kier alpha value is -2.53. The highest BCUT2D eigenvalue weighted by atomic mass is 35.5. The number of nitrogens with zero attached hydrogens (tertiary/aromatic N) is 1. The first-order valence-electron chi connectivity index (χ1n) is 6.55. The lowest BCUT2D eigenvalue weighted by Gasteiger charge is -2.10. The number of rotatable bonds is 5. The molecular weight excluding hydrogens is 304 g/mol. The second-order valence-electron chi connectivity index (χ2n) is 4.58. The smallest absolute Gasteiger partial charge is 0.262 e. The summed E-state index contributed by atoms with van der Waals surface area (Å²) in [5, 5.41) is 14.8. The summed E-state index contributed by atoms with van der Waals surface area (Å²) >= 11 is 6.01. The van der Waals surface area contributed by atoms with Crippen molar-refractivity contribution in [3.05, 3.63) is 58.6 Å². The summed E-state index contributed by atoms with van der Waals surface area (Å²) in [6, 6.07) is 12.2. The van der Waals surface area contributed by atoms with Gasteiger partial charge in [-0.3, -0.25) is 4.79 Å². The molecule has 2 aromatic rings. The summed E-state index contributed by atoms with van der Waals surface area (Å²) in [4.78, 5) is 11.9. The highest BCUT2D eigenvalue weighted by molar-refractivity contribution is 6.31. The average molecular weight is 319 g/mol. The summed E-state index contributed by atoms with van der Waals surface area (Å²) < 4.78 is 5.43. The number of para-hydroxylation sites is 1. The molecule has 0 saturated heterocycles. The van der Waals surface area contributed by atoms with Gasteiger partial charge in [-0.05, 0) is 36.8 Å². The first kappa shape index (κ1) is 15.9. The van der Waals surface area contributed by atoms with Gasteiger partial charge in [-0.15, -0.1) is 0 Å². The molecule has 0 aliphatic rings. The van der Waals surface area contributed by atoms with Gasteiger partial charge >= 0.3 is 0 Å². The number of halogens is 1. The molecule has 22 heavy (non-hydrogen) atoms. The van der Waals surface area contributed by atoms with Gasteiger partial charge < -0.3 is 15.3 Å². The topological polar surface area (TPSA) is 70.9 Å². The monoisotopic (exact) mass is 318 g/mol. The van der Waals surface area contributed by atoms with Crippen molar-refractivity contribution in [1.29, 1.82) is 0 Å². The van der Waals surface area contributed by atoms with Crippen molar-refractivity contribution in [3.63, 3.8) is 0 Å². The minimum atomic E-state index is -0.310. The fourth-order valence-corrected chi connectivity index (χ4v) is 1.97. The minimum Gasteiger partial charge on any atom is -0.483 e. The SMILES string of the molecule is Cc1ccc(NC(=O)COc2ccccc2/C=N/O)cc1Cl. The van der Waals surface area contributed by atoms with Gasteiger partial charge in [0.2, 0.25) is 0 Å². The first-order chi connectivity index (χ1) is 10.6. The van der Waals surface area contributed by atoms with Crippen LogP contribution in [0.15, 0.2) is 47.6 Å². The summed E-state index contributed by atoms with van der Waals surface area (Å²) in [7, 11) is 0. The third-order valence-corrected chi connectivity index (χ3v) is 3.34. The van der Waals surface area contributed by atoms with Crippen LogP contribution in [-0.2, 0) is 4.79 Å². The van der Waals surface area contributed by atoms with Crippen molar-refractivity contribution < 1.29 is 14.7 Å². The molecule has 2 aromatic carbocycles. The Morgan fingerprint density at radius 1 is 1.36 bits per heavy atom. The molecule has 0 unspecified atom stereocenters. The van der Waals surface area contributed by atoms with Gasteiger partial charge in [0.1, 0.15) is 5.75 Å². The van der Waals surface area contributed by atoms with E-state index in [-0.39, 0.29) is 12.5 Å². The highest BCUT2D eigenvalue weighted by Gasteiger charge is 2.07. The van der Waals surface area contributed by atoms with E-state index in [2.05, 4.69) is 10.5 Å². The Bertz CT molecular complexity index is 702. The molecule has 114 valence electrons. The number of hydrogen-bond acceptors (Lipinski definition) is 4. The molecule has 0 saturated carbocycles. The number of carbonyl (C=O) groups excluding carboxylic acids is 1. The van der Waals surface area contributed by atoms with Crippen LogP contribution >= 0.6 is 11.6 Å². The number of benzene rings is 2. The largest absolute Gasteiger partial charge is 0.483 e. The molecule has 0 fully saturated rings. The van der Waals surface area contributed by atoms with E-state index in [1.807, 2.05) is 13.0 Å². The molecule has 2 rings (SSSR count). The number of oxime groups is 1. The molecule has 0 bridgehead atoms. The van der Waals surface area contributed by atoms with Crippen molar-refractivity contribution in [2.75, 3.05) is 11.9 Å². The van der Waals surface area contributed by atoms with Gasteiger partial charge in [-0.2, -0.15) is 0 Å². The van der Waals surface area contributed by atoms with E-state index in [0.29, 0.717) is 22.0 Å². The normalized spacial score (nSPS) is 10.6. The van der Waals surface area contributed by atoms with Crippen molar-refractivity contribution in [2.24, 2.45) is 5.16 Å². The number of anilines is 1. The number of nitrogens with one attached hydrogen (secondary N) is 1. The Kier molecular flexibility index (Phi) is 5.38. The van der Waals surface area contributed by atoms with E-state index in [4.69, 9.17) is 21.5 Å². The Morgan fingerprint density at radius 3 is 2.86 bits per heavy atom. The fourth-order valence-electron chi connectivity index (χ4n) is 1.79. The van der Waals surface area contributed by atoms with Gasteiger partial charge in [0.15, 0.2) is 6.61 Å². The fraction of sp³-hybridized carbons (Fsp3) is 0.125. The zero-order valence-electron chi connectivity index (χ0n) is 11.9. The summed E-state index contributed by atoms with van der Waals surface area (Å²) in [5.41, 5.74) is 2.12. The molecule has 0 heterocycles. The van der Waals surface area contributed by atoms with E-state index < -0.39 is 0 Å². The molecule has 1 amide bonds. The van der Waals surface area contributed by atoms with Crippen molar-refractivity contribution in [2.45, 2.75) is 6.92 Å². The van der Waals surface area contributed by atoms with Gasteiger partial charge in [0, 0.05) is 16.3 Å². The van der Waals surface area contributed by atoms with Gasteiger partial charge in [-0.25, -0.2) is 0 Å². The molecule has 5 nitrogen and oxygen atoms in total. The van der Waals surface area contributed by atoms with Crippen molar-refractivity contribution >= 4 is 29.4 Å². The number of carbonyl (C=O) groups is 1. The molecule has 0 aromatic heterocycles. The van der Waals surface area contributed by atoms with Crippen LogP contribution < -0.4 is 10.1 Å². The van der Waals surface area contributed by atoms with E-state index in [0.717, 1.165) is 5.56 Å². The second-order valence-corrected chi connectivity index (χ2v) is 4.99. The zero-order chi connectivity index (χ0) is 15.9. The third kappa shape index (κ3) is 4.23. The van der Waals surface area contributed by atoms with Crippen LogP contribution in [0.1, 0.15) is 11.1 Å². The number of aryl methyl sites for hydroxylation is 1. The average Bonchev–Trinajstić information content (AvgIpc) is 2.50. The maximum atomic E-state index is 11.9. The zero-order valence-corrected chi connectivity index (χ0v) is 12.7. The maximum absolute atomic E-state index is 11.9. The van der Waals surface area contributed by atoms with Crippen LogP contribution in [0.4, 0.5) is 5.69 Å². The molecule has 6 heteroatoms. The predicted octanol–water partition coefficient (Wildman–Crippen LogP) is 3.47. The Morgan fingerprint density at radius 2 is 2.14 bits per heavy atom. The number of ether oxygens (including phenoxy) is 1. The van der Waals surface area contributed by atoms with Crippen molar-refractivity contribution in [1.82, 2.24) is 0 Å². The minimum absolute atomic E-state index is 0.165. The highest BCUT2D eigenvalue weighted by Crippen LogP contribution is 2.20. The van der Waals surface area contributed by atoms with Gasteiger partial charge in [0.25, 0.3) is 5.91 Å². The molecule has 0 spiro atoms. The van der Waals surface area contributed by atoms with E-state index >= 15 is 0 Å². The molecule has 0 atom stereocenters. The van der Waals surface area contributed by atoms with Crippen LogP contribution in [-0.4, -0.2) is 23.9 Å². The maximum Gasteiger partial charge on any atom is 0.262 e. The number of amides is 1. The molecular formula is C16H15ClN2O3. The van der Waals surface area contributed by atoms with Crippen LogP contribution in [0.25, 0.3) is 0 Å². The third-order valence-electron chi connectivity index (χ3n) is 2.93. The molecule has 0 radical (unpaired) electrons. The summed E-state index contributed by atoms with van der Waals surface area (Å²) in [6.07, 6.45) is 1.24. The molecule has 0 aliphatic carbocycles.